The Morgan fingerprint density at radius 1 is 0.800 bits per heavy atom. The van der Waals surface area contributed by atoms with Crippen LogP contribution in [0.15, 0.2) is 58.6 Å². The highest BCUT2D eigenvalue weighted by Crippen LogP contribution is 2.49. The first-order chi connectivity index (χ1) is 11.3. The van der Waals surface area contributed by atoms with E-state index in [0.717, 1.165) is 19.1 Å². The van der Waals surface area contributed by atoms with Crippen LogP contribution in [0, 0.1) is 0 Å². The van der Waals surface area contributed by atoms with Crippen molar-refractivity contribution >= 4 is 30.9 Å². The molecule has 4 heteroatoms. The minimum atomic E-state index is -1.59. The van der Waals surface area contributed by atoms with Crippen molar-refractivity contribution in [3.63, 3.8) is 0 Å². The summed E-state index contributed by atoms with van der Waals surface area (Å²) in [6, 6.07) is 0. The van der Waals surface area contributed by atoms with Gasteiger partial charge >= 0.3 is 0 Å². The van der Waals surface area contributed by atoms with E-state index in [2.05, 4.69) is 90.3 Å². The zero-order valence-corrected chi connectivity index (χ0v) is 21.1. The summed E-state index contributed by atoms with van der Waals surface area (Å²) in [7, 11) is -4.40. The molecule has 0 bridgehead atoms. The molecule has 0 saturated carbocycles. The highest BCUT2D eigenvalue weighted by molar-refractivity contribution is 7.18. The van der Waals surface area contributed by atoms with Gasteiger partial charge in [-0.3, -0.25) is 0 Å². The molecule has 0 amide bonds. The van der Waals surface area contributed by atoms with Gasteiger partial charge in [0, 0.05) is 0 Å². The van der Waals surface area contributed by atoms with Gasteiger partial charge in [0.2, 0.25) is 0 Å². The number of rotatable bonds is 9. The van der Waals surface area contributed by atoms with Crippen molar-refractivity contribution < 1.29 is 0 Å². The summed E-state index contributed by atoms with van der Waals surface area (Å²) in [5, 5.41) is 0. The molecule has 0 radical (unpaired) electrons. The molecule has 0 N–H and O–H groups in total. The van der Waals surface area contributed by atoms with Gasteiger partial charge in [0.1, 0.15) is 0 Å². The highest BCUT2D eigenvalue weighted by atomic mass is 28.4. The van der Waals surface area contributed by atoms with Crippen LogP contribution in [0.5, 0.6) is 0 Å². The SMILES string of the molecule is C=CCB(CC=C)C1=C([Si](C)(C)C)[Si](C)(C)C([Si](C)(C)C)=C1CC=C. The Hall–Kier alpha value is -0.584. The average Bonchev–Trinajstić information content (AvgIpc) is 2.65. The van der Waals surface area contributed by atoms with E-state index in [-0.39, 0.29) is 0 Å². The van der Waals surface area contributed by atoms with Crippen molar-refractivity contribution in [3.05, 3.63) is 58.6 Å². The summed E-state index contributed by atoms with van der Waals surface area (Å²) in [6.45, 7) is 33.3. The average molecular weight is 387 g/mol. The minimum Gasteiger partial charge on any atom is -0.104 e. The zero-order valence-electron chi connectivity index (χ0n) is 18.1. The highest BCUT2D eigenvalue weighted by Gasteiger charge is 2.50. The van der Waals surface area contributed by atoms with E-state index in [0.29, 0.717) is 6.71 Å². The van der Waals surface area contributed by atoms with Gasteiger partial charge in [-0.2, -0.15) is 0 Å². The normalized spacial score (nSPS) is 17.8. The van der Waals surface area contributed by atoms with Crippen molar-refractivity contribution in [1.29, 1.82) is 0 Å². The van der Waals surface area contributed by atoms with Crippen LogP contribution in [0.4, 0.5) is 0 Å². The Balaban J connectivity index is 3.89. The van der Waals surface area contributed by atoms with Crippen molar-refractivity contribution in [2.75, 3.05) is 0 Å². The molecule has 25 heavy (non-hydrogen) atoms. The third-order valence-corrected chi connectivity index (χ3v) is 20.2. The van der Waals surface area contributed by atoms with Crippen molar-refractivity contribution in [2.24, 2.45) is 0 Å². The van der Waals surface area contributed by atoms with Crippen LogP contribution in [0.25, 0.3) is 0 Å². The molecule has 0 aliphatic carbocycles. The molecule has 0 unspecified atom stereocenters. The lowest BCUT2D eigenvalue weighted by Crippen LogP contribution is -2.48. The van der Waals surface area contributed by atoms with Gasteiger partial charge in [-0.05, 0) is 6.42 Å². The van der Waals surface area contributed by atoms with E-state index >= 15 is 0 Å². The van der Waals surface area contributed by atoms with Gasteiger partial charge in [-0.1, -0.05) is 104 Å². The molecular formula is C21H39BSi3. The molecule has 1 aliphatic heterocycles. The summed E-state index contributed by atoms with van der Waals surface area (Å²) in [5.41, 5.74) is 3.39. The fourth-order valence-corrected chi connectivity index (χ4v) is 26.1. The second-order valence-electron chi connectivity index (χ2n) is 10.0. The Morgan fingerprint density at radius 3 is 1.56 bits per heavy atom. The quantitative estimate of drug-likeness (QED) is 0.292. The summed E-state index contributed by atoms with van der Waals surface area (Å²) >= 11 is 0. The molecule has 138 valence electrons. The number of hydrogen-bond acceptors (Lipinski definition) is 0. The Bertz CT molecular complexity index is 600. The van der Waals surface area contributed by atoms with Crippen LogP contribution in [0.3, 0.4) is 0 Å². The lowest BCUT2D eigenvalue weighted by molar-refractivity contribution is 1.26. The summed E-state index contributed by atoms with van der Waals surface area (Å²) in [4.78, 5) is 3.80. The summed E-state index contributed by atoms with van der Waals surface area (Å²) in [6.07, 6.45) is 9.49. The molecular weight excluding hydrogens is 347 g/mol. The molecule has 0 aromatic carbocycles. The van der Waals surface area contributed by atoms with Crippen molar-refractivity contribution in [2.45, 2.75) is 71.4 Å². The molecule has 0 aromatic heterocycles. The third kappa shape index (κ3) is 4.58. The van der Waals surface area contributed by atoms with Crippen LogP contribution in [0.1, 0.15) is 6.42 Å². The molecule has 1 rings (SSSR count). The first-order valence-electron chi connectivity index (χ1n) is 9.66. The van der Waals surface area contributed by atoms with Gasteiger partial charge < -0.3 is 0 Å². The predicted octanol–water partition coefficient (Wildman–Crippen LogP) is 7.12. The Labute approximate surface area is 161 Å². The van der Waals surface area contributed by atoms with Gasteiger partial charge in [-0.15, -0.1) is 19.7 Å². The standard InChI is InChI=1S/C21H39BSi3/c1-12-15-18-19(22(16-13-2)17-14-3)21(24(7,8)9)25(10,11)20(18)23(4,5)6/h12-14H,1-3,15-17H2,4-11H3. The monoisotopic (exact) mass is 386 g/mol. The van der Waals surface area contributed by atoms with E-state index in [1.807, 2.05) is 9.64 Å². The predicted molar refractivity (Wildman–Crippen MR) is 129 cm³/mol. The van der Waals surface area contributed by atoms with Gasteiger partial charge in [0.25, 0.3) is 0 Å². The van der Waals surface area contributed by atoms with Crippen LogP contribution in [0.2, 0.25) is 65.0 Å². The molecule has 1 heterocycles. The van der Waals surface area contributed by atoms with Crippen molar-refractivity contribution in [3.8, 4) is 0 Å². The van der Waals surface area contributed by atoms with E-state index in [4.69, 9.17) is 0 Å². The van der Waals surface area contributed by atoms with Crippen molar-refractivity contribution in [1.82, 2.24) is 0 Å². The summed E-state index contributed by atoms with van der Waals surface area (Å²) in [5.74, 6) is 0. The van der Waals surface area contributed by atoms with Gasteiger partial charge in [0.15, 0.2) is 6.71 Å². The zero-order chi connectivity index (χ0) is 19.6. The molecule has 0 atom stereocenters. The Kier molecular flexibility index (Phi) is 7.16. The van der Waals surface area contributed by atoms with Crippen LogP contribution >= 0.6 is 0 Å². The second kappa shape index (κ2) is 7.97. The van der Waals surface area contributed by atoms with E-state index in [1.54, 1.807) is 11.0 Å². The third-order valence-electron chi connectivity index (χ3n) is 5.31. The number of hydrogen-bond donors (Lipinski definition) is 0. The topological polar surface area (TPSA) is 0 Å². The largest absolute Gasteiger partial charge is 0.182 e. The lowest BCUT2D eigenvalue weighted by Gasteiger charge is -2.38. The maximum absolute atomic E-state index is 4.11. The minimum absolute atomic E-state index is 0.548. The van der Waals surface area contributed by atoms with Crippen LogP contribution in [-0.4, -0.2) is 30.9 Å². The molecule has 0 fully saturated rings. The maximum atomic E-state index is 4.11. The first-order valence-corrected chi connectivity index (χ1v) is 19.7. The fourth-order valence-electron chi connectivity index (χ4n) is 5.40. The molecule has 0 spiro atoms. The Morgan fingerprint density at radius 2 is 1.24 bits per heavy atom. The van der Waals surface area contributed by atoms with E-state index in [1.165, 1.54) is 0 Å². The molecule has 0 aromatic rings. The second-order valence-corrected chi connectivity index (χ2v) is 25.3. The lowest BCUT2D eigenvalue weighted by atomic mass is 9.39. The van der Waals surface area contributed by atoms with E-state index in [9.17, 15) is 0 Å². The van der Waals surface area contributed by atoms with E-state index < -0.39 is 24.2 Å². The van der Waals surface area contributed by atoms with Crippen LogP contribution < -0.4 is 0 Å². The number of allylic oxidation sites excluding steroid dienone is 5. The smallest absolute Gasteiger partial charge is 0.104 e. The maximum Gasteiger partial charge on any atom is 0.182 e. The summed E-state index contributed by atoms with van der Waals surface area (Å²) < 4.78 is 0. The first kappa shape index (κ1) is 22.5. The fraction of sp³-hybridized carbons (Fsp3) is 0.524. The molecule has 1 aliphatic rings. The van der Waals surface area contributed by atoms with Gasteiger partial charge in [0.05, 0.1) is 24.2 Å². The molecule has 0 nitrogen and oxygen atoms in total. The van der Waals surface area contributed by atoms with Crippen LogP contribution in [-0.2, 0) is 0 Å². The molecule has 0 saturated heterocycles. The van der Waals surface area contributed by atoms with Gasteiger partial charge in [-0.25, -0.2) is 0 Å².